The number of nitrogens with one attached hydrogen (secondary N) is 1. The number of benzene rings is 1. The van der Waals surface area contributed by atoms with Crippen molar-refractivity contribution in [2.24, 2.45) is 0 Å². The standard InChI is InChI=1S/C20H18N4O3.C6H13NO/c1-12-8-14-9-16(4-5-17(14)24(12)20(26)21-3)27-18-6-7-22-23-10-15(11-25)13(2)19(18)23;1-6(8)3-4-7(2)5-6/h4-11H,1-3H3,(H,21,26);8H,3-5H2,1-2H3/t;6-/m.0/s1. The summed E-state index contributed by atoms with van der Waals surface area (Å²) in [5, 5.41) is 17.1. The van der Waals surface area contributed by atoms with Gasteiger partial charge in [0.05, 0.1) is 17.3 Å². The van der Waals surface area contributed by atoms with Crippen LogP contribution in [-0.2, 0) is 0 Å². The Balaban J connectivity index is 0.000000308. The molecule has 0 aliphatic carbocycles. The number of nitrogens with zero attached hydrogens (tertiary/aromatic N) is 4. The zero-order valence-corrected chi connectivity index (χ0v) is 20.7. The third-order valence-electron chi connectivity index (χ3n) is 6.30. The SMILES string of the molecule is CN1CC[C@](C)(O)C1.CNC(=O)n1c(C)cc2cc(Oc3ccnn4cc(C=O)c(C)c34)ccc21. The highest BCUT2D eigenvalue weighted by atomic mass is 16.5. The van der Waals surface area contributed by atoms with E-state index in [0.29, 0.717) is 17.1 Å². The van der Waals surface area contributed by atoms with E-state index in [0.717, 1.165) is 53.5 Å². The van der Waals surface area contributed by atoms with Crippen LogP contribution < -0.4 is 10.1 Å². The summed E-state index contributed by atoms with van der Waals surface area (Å²) < 4.78 is 9.35. The lowest BCUT2D eigenvalue weighted by Crippen LogP contribution is -2.27. The number of ether oxygens (including phenoxy) is 1. The molecule has 0 saturated carbocycles. The van der Waals surface area contributed by atoms with Gasteiger partial charge in [-0.2, -0.15) is 5.10 Å². The molecular formula is C26H31N5O4. The van der Waals surface area contributed by atoms with Crippen LogP contribution >= 0.6 is 0 Å². The molecule has 1 aliphatic heterocycles. The number of fused-ring (bicyclic) bond motifs is 2. The lowest BCUT2D eigenvalue weighted by molar-refractivity contribution is 0.0718. The molecule has 1 saturated heterocycles. The van der Waals surface area contributed by atoms with Crippen molar-refractivity contribution in [3.8, 4) is 11.5 Å². The number of aryl methyl sites for hydroxylation is 2. The summed E-state index contributed by atoms with van der Waals surface area (Å²) in [6.07, 6.45) is 5.04. The Morgan fingerprint density at radius 2 is 2.03 bits per heavy atom. The Bertz CT molecular complexity index is 1400. The molecule has 0 spiro atoms. The van der Waals surface area contributed by atoms with Crippen LogP contribution in [0.15, 0.2) is 42.7 Å². The first-order valence-electron chi connectivity index (χ1n) is 11.5. The van der Waals surface area contributed by atoms with Gasteiger partial charge in [-0.05, 0) is 64.1 Å². The normalized spacial score (nSPS) is 17.9. The van der Waals surface area contributed by atoms with Gasteiger partial charge >= 0.3 is 6.03 Å². The molecule has 0 unspecified atom stereocenters. The molecule has 1 aliphatic rings. The second-order valence-electron chi connectivity index (χ2n) is 9.30. The maximum atomic E-state index is 12.1. The van der Waals surface area contributed by atoms with Crippen LogP contribution in [0.4, 0.5) is 4.79 Å². The molecule has 4 heterocycles. The monoisotopic (exact) mass is 477 g/mol. The van der Waals surface area contributed by atoms with Gasteiger partial charge in [-0.1, -0.05) is 0 Å². The summed E-state index contributed by atoms with van der Waals surface area (Å²) in [6, 6.07) is 9.08. The number of hydrogen-bond acceptors (Lipinski definition) is 6. The molecular weight excluding hydrogens is 446 g/mol. The molecule has 1 atom stereocenters. The van der Waals surface area contributed by atoms with Crippen molar-refractivity contribution < 1.29 is 19.4 Å². The highest BCUT2D eigenvalue weighted by Crippen LogP contribution is 2.32. The number of carbonyl (C=O) groups is 2. The van der Waals surface area contributed by atoms with Crippen molar-refractivity contribution in [3.05, 3.63) is 59.5 Å². The van der Waals surface area contributed by atoms with E-state index in [4.69, 9.17) is 4.74 Å². The molecule has 0 radical (unpaired) electrons. The number of hydrogen-bond donors (Lipinski definition) is 2. The predicted octanol–water partition coefficient (Wildman–Crippen LogP) is 3.77. The van der Waals surface area contributed by atoms with Crippen LogP contribution in [0.1, 0.15) is 35.0 Å². The average Bonchev–Trinajstić information content (AvgIpc) is 3.44. The van der Waals surface area contributed by atoms with Crippen molar-refractivity contribution in [2.75, 3.05) is 27.2 Å². The molecule has 0 bridgehead atoms. The maximum absolute atomic E-state index is 12.1. The van der Waals surface area contributed by atoms with Gasteiger partial charge in [0.2, 0.25) is 0 Å². The van der Waals surface area contributed by atoms with Gasteiger partial charge in [-0.25, -0.2) is 9.31 Å². The van der Waals surface area contributed by atoms with Gasteiger partial charge in [0, 0.05) is 49.0 Å². The van der Waals surface area contributed by atoms with Gasteiger partial charge < -0.3 is 20.1 Å². The van der Waals surface area contributed by atoms with Crippen LogP contribution in [0.2, 0.25) is 0 Å². The van der Waals surface area contributed by atoms with Crippen molar-refractivity contribution in [1.82, 2.24) is 24.4 Å². The van der Waals surface area contributed by atoms with E-state index in [1.165, 1.54) is 0 Å². The first-order valence-corrected chi connectivity index (χ1v) is 11.5. The summed E-state index contributed by atoms with van der Waals surface area (Å²) >= 11 is 0. The number of aldehydes is 1. The van der Waals surface area contributed by atoms with Crippen LogP contribution in [-0.4, -0.2) is 69.3 Å². The largest absolute Gasteiger partial charge is 0.455 e. The summed E-state index contributed by atoms with van der Waals surface area (Å²) in [5.74, 6) is 1.25. The van der Waals surface area contributed by atoms with Crippen molar-refractivity contribution in [3.63, 3.8) is 0 Å². The van der Waals surface area contributed by atoms with Crippen molar-refractivity contribution in [2.45, 2.75) is 32.8 Å². The Hall–Kier alpha value is -3.69. The fourth-order valence-electron chi connectivity index (χ4n) is 4.52. The molecule has 9 nitrogen and oxygen atoms in total. The van der Waals surface area contributed by atoms with E-state index in [1.54, 1.807) is 34.6 Å². The molecule has 1 aromatic carbocycles. The van der Waals surface area contributed by atoms with Gasteiger partial charge in [-0.3, -0.25) is 9.36 Å². The molecule has 9 heteroatoms. The Morgan fingerprint density at radius 1 is 1.26 bits per heavy atom. The number of aromatic nitrogens is 3. The maximum Gasteiger partial charge on any atom is 0.325 e. The number of carbonyl (C=O) groups excluding carboxylic acids is 2. The van der Waals surface area contributed by atoms with Gasteiger partial charge in [0.25, 0.3) is 0 Å². The van der Waals surface area contributed by atoms with Gasteiger partial charge in [0.1, 0.15) is 11.3 Å². The van der Waals surface area contributed by atoms with Crippen molar-refractivity contribution in [1.29, 1.82) is 0 Å². The summed E-state index contributed by atoms with van der Waals surface area (Å²) in [7, 11) is 3.63. The van der Waals surface area contributed by atoms with Crippen molar-refractivity contribution >= 4 is 28.7 Å². The first-order chi connectivity index (χ1) is 16.6. The molecule has 184 valence electrons. The molecule has 3 aromatic heterocycles. The lowest BCUT2D eigenvalue weighted by atomic mass is 10.1. The number of likely N-dealkylation sites (tertiary alicyclic amines) is 1. The Kier molecular flexibility index (Phi) is 6.64. The molecule has 1 fully saturated rings. The minimum Gasteiger partial charge on any atom is -0.455 e. The number of amides is 1. The third-order valence-corrected chi connectivity index (χ3v) is 6.30. The molecule has 35 heavy (non-hydrogen) atoms. The molecule has 5 rings (SSSR count). The number of β-amino-alcohol motifs (C(OH)–C–C–N with tert-alkyl or cyclic N) is 1. The van der Waals surface area contributed by atoms with Gasteiger partial charge in [-0.15, -0.1) is 0 Å². The smallest absolute Gasteiger partial charge is 0.325 e. The van der Waals surface area contributed by atoms with E-state index in [1.807, 2.05) is 52.1 Å². The third kappa shape index (κ3) is 4.91. The van der Waals surface area contributed by atoms with E-state index in [9.17, 15) is 14.7 Å². The van der Waals surface area contributed by atoms with E-state index >= 15 is 0 Å². The predicted molar refractivity (Wildman–Crippen MR) is 135 cm³/mol. The number of rotatable bonds is 3. The Morgan fingerprint density at radius 3 is 2.63 bits per heavy atom. The van der Waals surface area contributed by atoms with E-state index < -0.39 is 5.60 Å². The van der Waals surface area contributed by atoms with Crippen LogP contribution in [0.25, 0.3) is 16.4 Å². The second kappa shape index (κ2) is 9.52. The minimum absolute atomic E-state index is 0.183. The minimum atomic E-state index is -0.408. The van der Waals surface area contributed by atoms with Crippen LogP contribution in [0, 0.1) is 13.8 Å². The fraction of sp³-hybridized carbons (Fsp3) is 0.346. The second-order valence-corrected chi connectivity index (χ2v) is 9.30. The first kappa shape index (κ1) is 24.4. The summed E-state index contributed by atoms with van der Waals surface area (Å²) in [5.41, 5.74) is 3.38. The molecule has 2 N–H and O–H groups in total. The highest BCUT2D eigenvalue weighted by Gasteiger charge is 2.28. The molecule has 4 aromatic rings. The molecule has 1 amide bonds. The number of aliphatic hydroxyl groups is 1. The van der Waals surface area contributed by atoms with Crippen LogP contribution in [0.3, 0.4) is 0 Å². The fourth-order valence-corrected chi connectivity index (χ4v) is 4.52. The Labute approximate surface area is 203 Å². The summed E-state index contributed by atoms with van der Waals surface area (Å²) in [6.45, 7) is 7.49. The average molecular weight is 478 g/mol. The highest BCUT2D eigenvalue weighted by molar-refractivity contribution is 5.93. The number of likely N-dealkylation sites (N-methyl/N-ethyl adjacent to an activating group) is 1. The zero-order chi connectivity index (χ0) is 25.3. The van der Waals surface area contributed by atoms with Crippen LogP contribution in [0.5, 0.6) is 11.5 Å². The van der Waals surface area contributed by atoms with E-state index in [2.05, 4.69) is 15.3 Å². The quantitative estimate of drug-likeness (QED) is 0.436. The van der Waals surface area contributed by atoms with Gasteiger partial charge in [0.15, 0.2) is 12.0 Å². The lowest BCUT2D eigenvalue weighted by Gasteiger charge is -2.14. The zero-order valence-electron chi connectivity index (χ0n) is 20.7. The summed E-state index contributed by atoms with van der Waals surface area (Å²) in [4.78, 5) is 25.4. The topological polar surface area (TPSA) is 101 Å². The van der Waals surface area contributed by atoms with E-state index in [-0.39, 0.29) is 6.03 Å².